The summed E-state index contributed by atoms with van der Waals surface area (Å²) in [4.78, 5) is 12.1. The van der Waals surface area contributed by atoms with Crippen LogP contribution in [0.2, 0.25) is 0 Å². The number of halogens is 1. The molecule has 1 N–H and O–H groups in total. The van der Waals surface area contributed by atoms with Gasteiger partial charge in [0.25, 0.3) is 5.91 Å². The number of amides is 1. The minimum atomic E-state index is -3.79. The number of nitrogens with zero attached hydrogens (tertiary/aromatic N) is 1. The van der Waals surface area contributed by atoms with E-state index < -0.39 is 21.7 Å². The van der Waals surface area contributed by atoms with Crippen LogP contribution in [0, 0.1) is 5.82 Å². The number of hydrogen-bond acceptors (Lipinski definition) is 5. The summed E-state index contributed by atoms with van der Waals surface area (Å²) in [5.74, 6) is -1.41. The molecule has 26 heavy (non-hydrogen) atoms. The fourth-order valence-electron chi connectivity index (χ4n) is 2.46. The predicted octanol–water partition coefficient (Wildman–Crippen LogP) is 1.39. The Balaban J connectivity index is 2.05. The molecule has 9 heteroatoms. The lowest BCUT2D eigenvalue weighted by atomic mass is 10.2. The quantitative estimate of drug-likeness (QED) is 0.681. The monoisotopic (exact) mass is 388 g/mol. The number of sulfonamides is 1. The van der Waals surface area contributed by atoms with Gasteiger partial charge in [0.1, 0.15) is 5.82 Å². The summed E-state index contributed by atoms with van der Waals surface area (Å²) >= 11 is 0. The minimum absolute atomic E-state index is 0.102. The maximum atomic E-state index is 14.0. The van der Waals surface area contributed by atoms with Crippen LogP contribution in [0.5, 0.6) is 0 Å². The van der Waals surface area contributed by atoms with Crippen molar-refractivity contribution in [1.29, 1.82) is 0 Å². The van der Waals surface area contributed by atoms with Crippen LogP contribution in [0.25, 0.3) is 0 Å². The summed E-state index contributed by atoms with van der Waals surface area (Å²) in [6, 6.07) is 3.26. The van der Waals surface area contributed by atoms with Gasteiger partial charge in [-0.2, -0.15) is 4.31 Å². The van der Waals surface area contributed by atoms with Crippen LogP contribution in [-0.4, -0.2) is 64.2 Å². The van der Waals surface area contributed by atoms with Gasteiger partial charge in [0.05, 0.1) is 29.8 Å². The third-order valence-electron chi connectivity index (χ3n) is 3.85. The largest absolute Gasteiger partial charge is 0.379 e. The van der Waals surface area contributed by atoms with Crippen molar-refractivity contribution in [2.24, 2.45) is 0 Å². The number of carbonyl (C=O) groups excluding carboxylic acids is 1. The number of morpholine rings is 1. The molecule has 1 aromatic rings. The number of carbonyl (C=O) groups is 1. The summed E-state index contributed by atoms with van der Waals surface area (Å²) in [5, 5.41) is 2.58. The Kier molecular flexibility index (Phi) is 7.51. The van der Waals surface area contributed by atoms with E-state index in [-0.39, 0.29) is 29.7 Å². The molecule has 2 rings (SSSR count). The zero-order valence-corrected chi connectivity index (χ0v) is 15.9. The molecule has 0 radical (unpaired) electrons. The molecular formula is C17H25FN2O5S. The van der Waals surface area contributed by atoms with E-state index in [1.165, 1.54) is 10.4 Å². The SMILES string of the molecule is CC(C)OCCCNC(=O)c1cc(S(=O)(=O)N2CCOCC2)ccc1F. The molecule has 0 aliphatic carbocycles. The minimum Gasteiger partial charge on any atom is -0.379 e. The Labute approximate surface area is 153 Å². The third kappa shape index (κ3) is 5.47. The Morgan fingerprint density at radius 2 is 2.04 bits per heavy atom. The van der Waals surface area contributed by atoms with Gasteiger partial charge >= 0.3 is 0 Å². The normalized spacial score (nSPS) is 16.0. The van der Waals surface area contributed by atoms with Crippen molar-refractivity contribution >= 4 is 15.9 Å². The first-order valence-corrected chi connectivity index (χ1v) is 10.0. The lowest BCUT2D eigenvalue weighted by molar-refractivity contribution is 0.0730. The van der Waals surface area contributed by atoms with Gasteiger partial charge in [-0.25, -0.2) is 12.8 Å². The number of benzene rings is 1. The lowest BCUT2D eigenvalue weighted by Gasteiger charge is -2.26. The molecule has 1 heterocycles. The third-order valence-corrected chi connectivity index (χ3v) is 5.74. The van der Waals surface area contributed by atoms with Gasteiger partial charge in [-0.1, -0.05) is 0 Å². The van der Waals surface area contributed by atoms with Crippen molar-refractivity contribution in [3.8, 4) is 0 Å². The summed E-state index contributed by atoms with van der Waals surface area (Å²) < 4.78 is 51.1. The highest BCUT2D eigenvalue weighted by atomic mass is 32.2. The van der Waals surface area contributed by atoms with E-state index in [1.54, 1.807) is 0 Å². The van der Waals surface area contributed by atoms with Crippen molar-refractivity contribution in [2.45, 2.75) is 31.3 Å². The smallest absolute Gasteiger partial charge is 0.254 e. The molecule has 1 fully saturated rings. The molecule has 0 unspecified atom stereocenters. The molecule has 0 bridgehead atoms. The summed E-state index contributed by atoms with van der Waals surface area (Å²) in [6.45, 7) is 5.70. The number of rotatable bonds is 8. The van der Waals surface area contributed by atoms with E-state index in [4.69, 9.17) is 9.47 Å². The van der Waals surface area contributed by atoms with Crippen LogP contribution in [0.4, 0.5) is 4.39 Å². The Bertz CT molecular complexity index is 718. The van der Waals surface area contributed by atoms with Crippen molar-refractivity contribution in [3.05, 3.63) is 29.6 Å². The van der Waals surface area contributed by atoms with Gasteiger partial charge in [0.2, 0.25) is 10.0 Å². The topological polar surface area (TPSA) is 84.9 Å². The molecule has 1 aliphatic heterocycles. The van der Waals surface area contributed by atoms with Gasteiger partial charge < -0.3 is 14.8 Å². The number of nitrogens with one attached hydrogen (secondary N) is 1. The van der Waals surface area contributed by atoms with Crippen LogP contribution >= 0.6 is 0 Å². The first kappa shape index (κ1) is 20.8. The summed E-state index contributed by atoms with van der Waals surface area (Å²) in [5.41, 5.74) is -0.288. The molecule has 0 saturated carbocycles. The van der Waals surface area contributed by atoms with Crippen LogP contribution < -0.4 is 5.32 Å². The second-order valence-corrected chi connectivity index (χ2v) is 8.13. The Morgan fingerprint density at radius 3 is 2.69 bits per heavy atom. The Hall–Kier alpha value is -1.55. The molecule has 0 spiro atoms. The molecule has 1 aromatic carbocycles. The zero-order valence-electron chi connectivity index (χ0n) is 15.0. The van der Waals surface area contributed by atoms with Crippen LogP contribution in [0.3, 0.4) is 0 Å². The number of ether oxygens (including phenoxy) is 2. The highest BCUT2D eigenvalue weighted by molar-refractivity contribution is 7.89. The molecule has 0 atom stereocenters. The van der Waals surface area contributed by atoms with Crippen molar-refractivity contribution in [1.82, 2.24) is 9.62 Å². The van der Waals surface area contributed by atoms with E-state index in [9.17, 15) is 17.6 Å². The van der Waals surface area contributed by atoms with Gasteiger partial charge in [0, 0.05) is 26.2 Å². The second kappa shape index (κ2) is 9.40. The molecule has 146 valence electrons. The van der Waals surface area contributed by atoms with E-state index in [1.807, 2.05) is 13.8 Å². The van der Waals surface area contributed by atoms with Gasteiger partial charge in [-0.3, -0.25) is 4.79 Å². The maximum Gasteiger partial charge on any atom is 0.254 e. The second-order valence-electron chi connectivity index (χ2n) is 6.19. The zero-order chi connectivity index (χ0) is 19.2. The van der Waals surface area contributed by atoms with Crippen molar-refractivity contribution in [3.63, 3.8) is 0 Å². The molecule has 1 amide bonds. The average Bonchev–Trinajstić information content (AvgIpc) is 2.62. The highest BCUT2D eigenvalue weighted by Gasteiger charge is 2.27. The summed E-state index contributed by atoms with van der Waals surface area (Å²) in [6.07, 6.45) is 0.683. The molecule has 0 aromatic heterocycles. The molecular weight excluding hydrogens is 363 g/mol. The van der Waals surface area contributed by atoms with Crippen LogP contribution in [-0.2, 0) is 19.5 Å². The maximum absolute atomic E-state index is 14.0. The van der Waals surface area contributed by atoms with Crippen molar-refractivity contribution in [2.75, 3.05) is 39.5 Å². The first-order valence-electron chi connectivity index (χ1n) is 8.59. The van der Waals surface area contributed by atoms with E-state index >= 15 is 0 Å². The predicted molar refractivity (Wildman–Crippen MR) is 94.0 cm³/mol. The van der Waals surface area contributed by atoms with Crippen molar-refractivity contribution < 1.29 is 27.1 Å². The highest BCUT2D eigenvalue weighted by Crippen LogP contribution is 2.20. The lowest BCUT2D eigenvalue weighted by Crippen LogP contribution is -2.40. The fourth-order valence-corrected chi connectivity index (χ4v) is 3.90. The molecule has 7 nitrogen and oxygen atoms in total. The van der Waals surface area contributed by atoms with E-state index in [2.05, 4.69) is 5.32 Å². The fraction of sp³-hybridized carbons (Fsp3) is 0.588. The Morgan fingerprint density at radius 1 is 1.35 bits per heavy atom. The molecule has 1 aliphatic rings. The van der Waals surface area contributed by atoms with Gasteiger partial charge in [0.15, 0.2) is 0 Å². The van der Waals surface area contributed by atoms with E-state index in [0.29, 0.717) is 32.8 Å². The average molecular weight is 388 g/mol. The summed E-state index contributed by atoms with van der Waals surface area (Å²) in [7, 11) is -3.79. The molecule has 1 saturated heterocycles. The van der Waals surface area contributed by atoms with Crippen LogP contribution in [0.1, 0.15) is 30.6 Å². The van der Waals surface area contributed by atoms with Gasteiger partial charge in [-0.15, -0.1) is 0 Å². The standard InChI is InChI=1S/C17H25FN2O5S/c1-13(2)25-9-3-6-19-17(21)15-12-14(4-5-16(15)18)26(22,23)20-7-10-24-11-8-20/h4-5,12-13H,3,6-11H2,1-2H3,(H,19,21). The van der Waals surface area contributed by atoms with E-state index in [0.717, 1.165) is 12.1 Å². The van der Waals surface area contributed by atoms with Crippen LogP contribution in [0.15, 0.2) is 23.1 Å². The first-order chi connectivity index (χ1) is 12.3. The number of hydrogen-bond donors (Lipinski definition) is 1. The van der Waals surface area contributed by atoms with Gasteiger partial charge in [-0.05, 0) is 38.5 Å².